The third kappa shape index (κ3) is 7.08. The van der Waals surface area contributed by atoms with Crippen LogP contribution >= 0.6 is 35.4 Å². The van der Waals surface area contributed by atoms with Gasteiger partial charge in [0.1, 0.15) is 11.5 Å². The quantitative estimate of drug-likeness (QED) is 0.305. The van der Waals surface area contributed by atoms with Crippen LogP contribution in [-0.4, -0.2) is 48.6 Å². The van der Waals surface area contributed by atoms with Crippen molar-refractivity contribution in [1.82, 2.24) is 10.2 Å². The molecule has 6 nitrogen and oxygen atoms in total. The summed E-state index contributed by atoms with van der Waals surface area (Å²) in [4.78, 5) is 17.1. The second-order valence-electron chi connectivity index (χ2n) is 8.11. The summed E-state index contributed by atoms with van der Waals surface area (Å²) >= 11 is 17.4. The molecule has 0 spiro atoms. The van der Waals surface area contributed by atoms with Crippen LogP contribution in [0.5, 0.6) is 0 Å². The Balaban J connectivity index is 1.27. The standard InChI is InChI=1S/C26H26Cl2N4O2S/c1-2-31-11-13-32(14-12-31)22-5-3-21(4-6-22)29-26(35)30-25(33)10-8-23-7-9-24(34-23)18-15-19(27)17-20(28)16-18/h3-10,15-17H,2,11-14H2,1H3,(H2,29,30,33,35)/b10-8+. The largest absolute Gasteiger partial charge is 0.457 e. The Morgan fingerprint density at radius 3 is 2.37 bits per heavy atom. The molecule has 0 saturated carbocycles. The topological polar surface area (TPSA) is 60.8 Å². The SMILES string of the molecule is CCN1CCN(c2ccc(NC(=S)NC(=O)/C=C/c3ccc(-c4cc(Cl)cc(Cl)c4)o3)cc2)CC1. The maximum Gasteiger partial charge on any atom is 0.250 e. The molecule has 182 valence electrons. The highest BCUT2D eigenvalue weighted by Gasteiger charge is 2.15. The van der Waals surface area contributed by atoms with Crippen LogP contribution in [0.4, 0.5) is 11.4 Å². The van der Waals surface area contributed by atoms with Gasteiger partial charge in [-0.25, -0.2) is 0 Å². The molecule has 0 radical (unpaired) electrons. The number of piperazine rings is 1. The van der Waals surface area contributed by atoms with Crippen molar-refractivity contribution < 1.29 is 9.21 Å². The molecule has 1 fully saturated rings. The Hall–Kier alpha value is -2.84. The molecule has 1 saturated heterocycles. The third-order valence-electron chi connectivity index (χ3n) is 5.72. The summed E-state index contributed by atoms with van der Waals surface area (Å²) in [5, 5.41) is 6.95. The zero-order valence-electron chi connectivity index (χ0n) is 19.3. The highest BCUT2D eigenvalue weighted by atomic mass is 35.5. The van der Waals surface area contributed by atoms with Crippen molar-refractivity contribution in [3.05, 3.63) is 76.5 Å². The van der Waals surface area contributed by atoms with Gasteiger partial charge in [-0.3, -0.25) is 10.1 Å². The Labute approximate surface area is 220 Å². The molecule has 2 heterocycles. The van der Waals surface area contributed by atoms with Gasteiger partial charge in [-0.2, -0.15) is 0 Å². The number of benzene rings is 2. The van der Waals surface area contributed by atoms with Gasteiger partial charge in [0.2, 0.25) is 5.91 Å². The normalized spacial score (nSPS) is 14.3. The summed E-state index contributed by atoms with van der Waals surface area (Å²) in [6.45, 7) is 7.48. The second kappa shape index (κ2) is 11.7. The minimum absolute atomic E-state index is 0.220. The van der Waals surface area contributed by atoms with Crippen molar-refractivity contribution in [2.75, 3.05) is 42.9 Å². The van der Waals surface area contributed by atoms with Crippen molar-refractivity contribution in [2.24, 2.45) is 0 Å². The summed E-state index contributed by atoms with van der Waals surface area (Å²) < 4.78 is 5.76. The second-order valence-corrected chi connectivity index (χ2v) is 9.39. The number of likely N-dealkylation sites (N-methyl/N-ethyl adjacent to an activating group) is 1. The lowest BCUT2D eigenvalue weighted by atomic mass is 10.2. The number of thiocarbonyl (C=S) groups is 1. The van der Waals surface area contributed by atoms with Crippen LogP contribution in [0.25, 0.3) is 17.4 Å². The first-order valence-corrected chi connectivity index (χ1v) is 12.5. The van der Waals surface area contributed by atoms with Crippen LogP contribution in [0.15, 0.2) is 65.1 Å². The molecule has 9 heteroatoms. The Kier molecular flexibility index (Phi) is 8.46. The van der Waals surface area contributed by atoms with Crippen LogP contribution in [-0.2, 0) is 4.79 Å². The molecule has 0 aliphatic carbocycles. The van der Waals surface area contributed by atoms with Crippen molar-refractivity contribution in [2.45, 2.75) is 6.92 Å². The molecule has 1 amide bonds. The van der Waals surface area contributed by atoms with E-state index in [2.05, 4.69) is 39.5 Å². The molecule has 1 aromatic heterocycles. The van der Waals surface area contributed by atoms with E-state index in [1.54, 1.807) is 36.4 Å². The Morgan fingerprint density at radius 1 is 1.03 bits per heavy atom. The van der Waals surface area contributed by atoms with Gasteiger partial charge >= 0.3 is 0 Å². The van der Waals surface area contributed by atoms with E-state index in [9.17, 15) is 4.79 Å². The number of rotatable bonds is 6. The van der Waals surface area contributed by atoms with Crippen LogP contribution < -0.4 is 15.5 Å². The number of anilines is 2. The molecular formula is C26H26Cl2N4O2S. The molecule has 35 heavy (non-hydrogen) atoms. The summed E-state index contributed by atoms with van der Waals surface area (Å²) in [7, 11) is 0. The van der Waals surface area contributed by atoms with Crippen LogP contribution in [0, 0.1) is 0 Å². The lowest BCUT2D eigenvalue weighted by Crippen LogP contribution is -2.46. The first-order chi connectivity index (χ1) is 16.9. The fourth-order valence-electron chi connectivity index (χ4n) is 3.85. The van der Waals surface area contributed by atoms with Gasteiger partial charge in [0.15, 0.2) is 5.11 Å². The molecule has 4 rings (SSSR count). The van der Waals surface area contributed by atoms with E-state index in [1.165, 1.54) is 11.8 Å². The van der Waals surface area contributed by atoms with E-state index >= 15 is 0 Å². The molecule has 2 N–H and O–H groups in total. The average molecular weight is 529 g/mol. The molecule has 1 aliphatic rings. The lowest BCUT2D eigenvalue weighted by Gasteiger charge is -2.35. The van der Waals surface area contributed by atoms with Gasteiger partial charge < -0.3 is 19.5 Å². The first kappa shape index (κ1) is 25.3. The fraction of sp³-hybridized carbons (Fsp3) is 0.231. The smallest absolute Gasteiger partial charge is 0.250 e. The van der Waals surface area contributed by atoms with Crippen molar-refractivity contribution in [3.63, 3.8) is 0 Å². The fourth-order valence-corrected chi connectivity index (χ4v) is 4.59. The number of furan rings is 1. The highest BCUT2D eigenvalue weighted by molar-refractivity contribution is 7.80. The summed E-state index contributed by atoms with van der Waals surface area (Å²) in [5.41, 5.74) is 2.75. The number of halogens is 2. The summed E-state index contributed by atoms with van der Waals surface area (Å²) in [6.07, 6.45) is 2.93. The van der Waals surface area contributed by atoms with Gasteiger partial charge in [-0.15, -0.1) is 0 Å². The van der Waals surface area contributed by atoms with E-state index < -0.39 is 0 Å². The van der Waals surface area contributed by atoms with Gasteiger partial charge in [0, 0.05) is 59.2 Å². The van der Waals surface area contributed by atoms with Crippen molar-refractivity contribution >= 4 is 63.9 Å². The number of hydrogen-bond donors (Lipinski definition) is 2. The predicted octanol–water partition coefficient (Wildman–Crippen LogP) is 5.92. The highest BCUT2D eigenvalue weighted by Crippen LogP contribution is 2.29. The van der Waals surface area contributed by atoms with Gasteiger partial charge in [0.05, 0.1) is 0 Å². The van der Waals surface area contributed by atoms with E-state index in [0.717, 1.165) is 44.0 Å². The minimum Gasteiger partial charge on any atom is -0.457 e. The number of carbonyl (C=O) groups is 1. The maximum absolute atomic E-state index is 12.3. The molecule has 0 unspecified atom stereocenters. The van der Waals surface area contributed by atoms with E-state index in [4.69, 9.17) is 39.8 Å². The number of amides is 1. The zero-order valence-corrected chi connectivity index (χ0v) is 21.6. The number of carbonyl (C=O) groups excluding carboxylic acids is 1. The van der Waals surface area contributed by atoms with Gasteiger partial charge in [0.25, 0.3) is 0 Å². The van der Waals surface area contributed by atoms with Crippen LogP contribution in [0.3, 0.4) is 0 Å². The summed E-state index contributed by atoms with van der Waals surface area (Å²) in [6, 6.07) is 16.8. The van der Waals surface area contributed by atoms with E-state index in [0.29, 0.717) is 21.6 Å². The molecule has 2 aromatic carbocycles. The van der Waals surface area contributed by atoms with Gasteiger partial charge in [-0.05, 0) is 79.4 Å². The molecule has 0 bridgehead atoms. The number of nitrogens with one attached hydrogen (secondary N) is 2. The molecule has 3 aromatic rings. The zero-order chi connectivity index (χ0) is 24.8. The monoisotopic (exact) mass is 528 g/mol. The van der Waals surface area contributed by atoms with E-state index in [1.807, 2.05) is 12.1 Å². The summed E-state index contributed by atoms with van der Waals surface area (Å²) in [5.74, 6) is 0.750. The lowest BCUT2D eigenvalue weighted by molar-refractivity contribution is -0.115. The van der Waals surface area contributed by atoms with Crippen LogP contribution in [0.2, 0.25) is 10.0 Å². The predicted molar refractivity (Wildman–Crippen MR) is 148 cm³/mol. The van der Waals surface area contributed by atoms with Crippen molar-refractivity contribution in [3.8, 4) is 11.3 Å². The minimum atomic E-state index is -0.364. The Morgan fingerprint density at radius 2 is 1.71 bits per heavy atom. The average Bonchev–Trinajstić information content (AvgIpc) is 3.32. The van der Waals surface area contributed by atoms with Crippen LogP contribution in [0.1, 0.15) is 12.7 Å². The van der Waals surface area contributed by atoms with Crippen molar-refractivity contribution in [1.29, 1.82) is 0 Å². The van der Waals surface area contributed by atoms with Gasteiger partial charge in [-0.1, -0.05) is 30.1 Å². The molecular weight excluding hydrogens is 503 g/mol. The Bertz CT molecular complexity index is 1200. The molecule has 0 atom stereocenters. The number of hydrogen-bond acceptors (Lipinski definition) is 5. The first-order valence-electron chi connectivity index (χ1n) is 11.3. The third-order valence-corrected chi connectivity index (χ3v) is 6.36. The molecule has 1 aliphatic heterocycles. The van der Waals surface area contributed by atoms with E-state index in [-0.39, 0.29) is 11.0 Å². The maximum atomic E-state index is 12.3. The number of nitrogens with zero attached hydrogens (tertiary/aromatic N) is 2.